The van der Waals surface area contributed by atoms with Crippen LogP contribution < -0.4 is 11.3 Å². The maximum Gasteiger partial charge on any atom is 0.0623 e. The summed E-state index contributed by atoms with van der Waals surface area (Å²) in [5, 5.41) is 0. The van der Waals surface area contributed by atoms with E-state index in [9.17, 15) is 0 Å². The summed E-state index contributed by atoms with van der Waals surface area (Å²) in [4.78, 5) is 0. The van der Waals surface area contributed by atoms with E-state index in [-0.39, 0.29) is 5.60 Å². The van der Waals surface area contributed by atoms with E-state index in [1.807, 2.05) is 0 Å². The monoisotopic (exact) mass is 216 g/mol. The Bertz CT molecular complexity index is 173. The van der Waals surface area contributed by atoms with Gasteiger partial charge in [0, 0.05) is 13.2 Å². The fourth-order valence-corrected chi connectivity index (χ4v) is 1.61. The molecule has 3 nitrogen and oxygen atoms in total. The zero-order valence-corrected chi connectivity index (χ0v) is 11.2. The number of rotatable bonds is 6. The van der Waals surface area contributed by atoms with Crippen LogP contribution in [0.3, 0.4) is 0 Å². The van der Waals surface area contributed by atoms with Gasteiger partial charge in [-0.3, -0.25) is 11.3 Å². The average Bonchev–Trinajstić information content (AvgIpc) is 2.10. The largest absolute Gasteiger partial charge is 0.379 e. The van der Waals surface area contributed by atoms with Gasteiger partial charge in [-0.2, -0.15) is 0 Å². The van der Waals surface area contributed by atoms with Crippen LogP contribution in [0.1, 0.15) is 53.9 Å². The zero-order valence-electron chi connectivity index (χ0n) is 11.2. The van der Waals surface area contributed by atoms with Crippen molar-refractivity contribution >= 4 is 0 Å². The van der Waals surface area contributed by atoms with E-state index in [1.54, 1.807) is 7.11 Å². The molecule has 92 valence electrons. The van der Waals surface area contributed by atoms with Crippen molar-refractivity contribution in [3.05, 3.63) is 0 Å². The van der Waals surface area contributed by atoms with Crippen molar-refractivity contribution in [1.29, 1.82) is 0 Å². The maximum absolute atomic E-state index is 5.56. The summed E-state index contributed by atoms with van der Waals surface area (Å²) in [6.07, 6.45) is 3.16. The second kappa shape index (κ2) is 5.83. The van der Waals surface area contributed by atoms with Crippen molar-refractivity contribution in [2.75, 3.05) is 7.11 Å². The van der Waals surface area contributed by atoms with Crippen LogP contribution in [-0.2, 0) is 4.74 Å². The quantitative estimate of drug-likeness (QED) is 0.529. The number of hydrazine groups is 1. The molecule has 0 saturated carbocycles. The molecule has 0 aromatic heterocycles. The van der Waals surface area contributed by atoms with E-state index < -0.39 is 0 Å². The second-order valence-electron chi connectivity index (χ2n) is 6.13. The number of nitrogens with two attached hydrogens (primary N) is 1. The Kier molecular flexibility index (Phi) is 5.78. The van der Waals surface area contributed by atoms with Crippen molar-refractivity contribution in [3.63, 3.8) is 0 Å². The van der Waals surface area contributed by atoms with Gasteiger partial charge in [-0.1, -0.05) is 20.8 Å². The van der Waals surface area contributed by atoms with Gasteiger partial charge in [0.2, 0.25) is 0 Å². The van der Waals surface area contributed by atoms with Crippen molar-refractivity contribution in [2.45, 2.75) is 65.5 Å². The minimum atomic E-state index is -0.0486. The first-order valence-electron chi connectivity index (χ1n) is 5.71. The summed E-state index contributed by atoms with van der Waals surface area (Å²) in [5.74, 6) is 5.56. The summed E-state index contributed by atoms with van der Waals surface area (Å²) in [5.41, 5.74) is 3.16. The summed E-state index contributed by atoms with van der Waals surface area (Å²) >= 11 is 0. The lowest BCUT2D eigenvalue weighted by Crippen LogP contribution is -2.39. The van der Waals surface area contributed by atoms with Crippen LogP contribution in [0, 0.1) is 5.41 Å². The third-order valence-corrected chi connectivity index (χ3v) is 2.74. The first-order valence-corrected chi connectivity index (χ1v) is 5.71. The SMILES string of the molecule is COC(C)(C)CCC(CC(C)(C)C)NN. The fraction of sp³-hybridized carbons (Fsp3) is 1.00. The van der Waals surface area contributed by atoms with E-state index in [2.05, 4.69) is 40.0 Å². The van der Waals surface area contributed by atoms with Crippen LogP contribution >= 0.6 is 0 Å². The second-order valence-corrected chi connectivity index (χ2v) is 6.13. The van der Waals surface area contributed by atoms with Crippen molar-refractivity contribution in [3.8, 4) is 0 Å². The van der Waals surface area contributed by atoms with Gasteiger partial charge >= 0.3 is 0 Å². The lowest BCUT2D eigenvalue weighted by molar-refractivity contribution is 0.0107. The Morgan fingerprint density at radius 2 is 1.73 bits per heavy atom. The molecular weight excluding hydrogens is 188 g/mol. The normalized spacial score (nSPS) is 15.4. The molecule has 0 amide bonds. The third-order valence-electron chi connectivity index (χ3n) is 2.74. The number of methoxy groups -OCH3 is 1. The topological polar surface area (TPSA) is 47.3 Å². The number of hydrogen-bond acceptors (Lipinski definition) is 3. The van der Waals surface area contributed by atoms with Gasteiger partial charge in [0.05, 0.1) is 5.60 Å². The van der Waals surface area contributed by atoms with Crippen molar-refractivity contribution in [1.82, 2.24) is 5.43 Å². The minimum absolute atomic E-state index is 0.0486. The predicted octanol–water partition coefficient (Wildman–Crippen LogP) is 2.46. The van der Waals surface area contributed by atoms with E-state index in [0.29, 0.717) is 11.5 Å². The molecule has 0 spiro atoms. The highest BCUT2D eigenvalue weighted by molar-refractivity contribution is 4.77. The zero-order chi connectivity index (χ0) is 12.1. The van der Waals surface area contributed by atoms with Gasteiger partial charge in [-0.25, -0.2) is 0 Å². The molecule has 0 aliphatic carbocycles. The van der Waals surface area contributed by atoms with E-state index in [1.165, 1.54) is 0 Å². The standard InChI is InChI=1S/C12H28N2O/c1-11(2,3)9-10(14-13)7-8-12(4,5)15-6/h10,14H,7-9,13H2,1-6H3. The molecule has 0 radical (unpaired) electrons. The first-order chi connectivity index (χ1) is 6.70. The van der Waals surface area contributed by atoms with Crippen LogP contribution in [0.5, 0.6) is 0 Å². The highest BCUT2D eigenvalue weighted by atomic mass is 16.5. The van der Waals surface area contributed by atoms with Crippen LogP contribution in [0.2, 0.25) is 0 Å². The molecule has 0 fully saturated rings. The molecule has 0 saturated heterocycles. The molecule has 0 rings (SSSR count). The molecule has 0 heterocycles. The van der Waals surface area contributed by atoms with Gasteiger partial charge in [0.25, 0.3) is 0 Å². The van der Waals surface area contributed by atoms with Crippen LogP contribution in [-0.4, -0.2) is 18.8 Å². The molecule has 1 unspecified atom stereocenters. The van der Waals surface area contributed by atoms with Crippen molar-refractivity contribution in [2.24, 2.45) is 11.3 Å². The van der Waals surface area contributed by atoms with Gasteiger partial charge < -0.3 is 4.74 Å². The Labute approximate surface area is 94.7 Å². The minimum Gasteiger partial charge on any atom is -0.379 e. The van der Waals surface area contributed by atoms with Crippen LogP contribution in [0.4, 0.5) is 0 Å². The predicted molar refractivity (Wildman–Crippen MR) is 65.5 cm³/mol. The lowest BCUT2D eigenvalue weighted by Gasteiger charge is -2.29. The Morgan fingerprint density at radius 3 is 2.07 bits per heavy atom. The summed E-state index contributed by atoms with van der Waals surface area (Å²) < 4.78 is 5.39. The molecule has 15 heavy (non-hydrogen) atoms. The average molecular weight is 216 g/mol. The summed E-state index contributed by atoms with van der Waals surface area (Å²) in [6.45, 7) is 10.9. The maximum atomic E-state index is 5.56. The number of hydrogen-bond donors (Lipinski definition) is 2. The number of ether oxygens (including phenoxy) is 1. The molecule has 0 aromatic rings. The number of nitrogens with one attached hydrogen (secondary N) is 1. The van der Waals surface area contributed by atoms with Gasteiger partial charge in [-0.15, -0.1) is 0 Å². The highest BCUT2D eigenvalue weighted by Crippen LogP contribution is 2.24. The van der Waals surface area contributed by atoms with E-state index >= 15 is 0 Å². The van der Waals surface area contributed by atoms with Crippen LogP contribution in [0.25, 0.3) is 0 Å². The Morgan fingerprint density at radius 1 is 1.20 bits per heavy atom. The Balaban J connectivity index is 4.01. The highest BCUT2D eigenvalue weighted by Gasteiger charge is 2.22. The van der Waals surface area contributed by atoms with Crippen LogP contribution in [0.15, 0.2) is 0 Å². The molecule has 0 aromatic carbocycles. The van der Waals surface area contributed by atoms with E-state index in [4.69, 9.17) is 10.6 Å². The molecule has 0 bridgehead atoms. The molecule has 1 atom stereocenters. The Hall–Kier alpha value is -0.120. The fourth-order valence-electron chi connectivity index (χ4n) is 1.61. The molecule has 0 aliphatic heterocycles. The molecule has 3 N–H and O–H groups in total. The van der Waals surface area contributed by atoms with Gasteiger partial charge in [0.15, 0.2) is 0 Å². The summed E-state index contributed by atoms with van der Waals surface area (Å²) in [7, 11) is 1.76. The van der Waals surface area contributed by atoms with E-state index in [0.717, 1.165) is 19.3 Å². The lowest BCUT2D eigenvalue weighted by atomic mass is 9.85. The van der Waals surface area contributed by atoms with Gasteiger partial charge in [-0.05, 0) is 38.5 Å². The molecular formula is C12H28N2O. The third kappa shape index (κ3) is 7.77. The summed E-state index contributed by atoms with van der Waals surface area (Å²) in [6, 6.07) is 0.374. The molecule has 3 heteroatoms. The first kappa shape index (κ1) is 14.9. The smallest absolute Gasteiger partial charge is 0.0623 e. The van der Waals surface area contributed by atoms with Gasteiger partial charge in [0.1, 0.15) is 0 Å². The molecule has 0 aliphatic rings. The van der Waals surface area contributed by atoms with Crippen molar-refractivity contribution < 1.29 is 4.74 Å².